The van der Waals surface area contributed by atoms with Crippen molar-refractivity contribution in [3.8, 4) is 11.5 Å². The van der Waals surface area contributed by atoms with E-state index >= 15 is 0 Å². The number of ether oxygens (including phenoxy) is 1. The van der Waals surface area contributed by atoms with Gasteiger partial charge >= 0.3 is 0 Å². The highest BCUT2D eigenvalue weighted by Gasteiger charge is 2.15. The number of rotatable bonds is 5. The van der Waals surface area contributed by atoms with Gasteiger partial charge in [-0.2, -0.15) is 0 Å². The van der Waals surface area contributed by atoms with Crippen molar-refractivity contribution in [1.29, 1.82) is 0 Å². The fraction of sp³-hybridized carbons (Fsp3) is 0.188. The lowest BCUT2D eigenvalue weighted by atomic mass is 10.1. The normalized spacial score (nSPS) is 10.2. The molecule has 0 N–H and O–H groups in total. The Balaban J connectivity index is 2.33. The van der Waals surface area contributed by atoms with Crippen molar-refractivity contribution in [3.05, 3.63) is 63.7 Å². The molecule has 5 nitrogen and oxygen atoms in total. The Bertz CT molecular complexity index is 694. The summed E-state index contributed by atoms with van der Waals surface area (Å²) in [5.41, 5.74) is 1.03. The molecule has 21 heavy (non-hydrogen) atoms. The van der Waals surface area contributed by atoms with Crippen molar-refractivity contribution in [2.75, 3.05) is 0 Å². The molecule has 0 heterocycles. The van der Waals surface area contributed by atoms with Gasteiger partial charge in [0, 0.05) is 18.1 Å². The quantitative estimate of drug-likeness (QED) is 0.467. The topological polar surface area (TPSA) is 69.4 Å². The Hall–Kier alpha value is -2.69. The summed E-state index contributed by atoms with van der Waals surface area (Å²) in [6.07, 6.45) is 0.416. The fourth-order valence-electron chi connectivity index (χ4n) is 1.98. The Kier molecular flexibility index (Phi) is 4.33. The Morgan fingerprint density at radius 2 is 1.95 bits per heavy atom. The molecule has 2 aromatic rings. The molecule has 2 rings (SSSR count). The summed E-state index contributed by atoms with van der Waals surface area (Å²) in [6.45, 7) is 3.43. The first-order chi connectivity index (χ1) is 10.0. The van der Waals surface area contributed by atoms with E-state index in [1.165, 1.54) is 6.07 Å². The number of hydrogen-bond acceptors (Lipinski definition) is 4. The SMILES string of the molecule is CCC(=O)c1cccc(Oc2cccc([N+](=O)[O-])c2C)c1. The zero-order chi connectivity index (χ0) is 15.4. The van der Waals surface area contributed by atoms with E-state index in [1.54, 1.807) is 50.2 Å². The highest BCUT2D eigenvalue weighted by Crippen LogP contribution is 2.31. The van der Waals surface area contributed by atoms with Gasteiger partial charge in [0.25, 0.3) is 5.69 Å². The minimum Gasteiger partial charge on any atom is -0.457 e. The van der Waals surface area contributed by atoms with Crippen LogP contribution in [0.2, 0.25) is 0 Å². The average Bonchev–Trinajstić information content (AvgIpc) is 2.48. The predicted molar refractivity (Wildman–Crippen MR) is 79.0 cm³/mol. The van der Waals surface area contributed by atoms with Crippen molar-refractivity contribution < 1.29 is 14.5 Å². The molecule has 0 unspecified atom stereocenters. The molecule has 0 amide bonds. The Morgan fingerprint density at radius 3 is 2.62 bits per heavy atom. The molecule has 0 aliphatic heterocycles. The van der Waals surface area contributed by atoms with Gasteiger partial charge in [-0.1, -0.05) is 25.1 Å². The van der Waals surface area contributed by atoms with Crippen LogP contribution < -0.4 is 4.74 Å². The number of ketones is 1. The summed E-state index contributed by atoms with van der Waals surface area (Å²) in [7, 11) is 0. The molecule has 0 spiro atoms. The van der Waals surface area contributed by atoms with E-state index in [0.29, 0.717) is 29.0 Å². The van der Waals surface area contributed by atoms with E-state index in [-0.39, 0.29) is 11.5 Å². The Morgan fingerprint density at radius 1 is 1.24 bits per heavy atom. The zero-order valence-corrected chi connectivity index (χ0v) is 11.8. The first-order valence-corrected chi connectivity index (χ1v) is 6.58. The average molecular weight is 285 g/mol. The van der Waals surface area contributed by atoms with Gasteiger partial charge in [-0.05, 0) is 25.1 Å². The number of carbonyl (C=O) groups excluding carboxylic acids is 1. The molecule has 0 saturated carbocycles. The molecular formula is C16H15NO4. The van der Waals surface area contributed by atoms with E-state index in [0.717, 1.165) is 0 Å². The lowest BCUT2D eigenvalue weighted by Gasteiger charge is -2.09. The summed E-state index contributed by atoms with van der Waals surface area (Å²) < 4.78 is 5.68. The third-order valence-corrected chi connectivity index (χ3v) is 3.16. The minimum absolute atomic E-state index is 0.00768. The van der Waals surface area contributed by atoms with Crippen molar-refractivity contribution in [2.45, 2.75) is 20.3 Å². The van der Waals surface area contributed by atoms with Crippen LogP contribution in [-0.2, 0) is 0 Å². The van der Waals surface area contributed by atoms with E-state index in [4.69, 9.17) is 4.74 Å². The van der Waals surface area contributed by atoms with E-state index in [2.05, 4.69) is 0 Å². The van der Waals surface area contributed by atoms with Crippen molar-refractivity contribution in [3.63, 3.8) is 0 Å². The number of nitro benzene ring substituents is 1. The molecule has 108 valence electrons. The summed E-state index contributed by atoms with van der Waals surface area (Å²) in [4.78, 5) is 22.2. The molecular weight excluding hydrogens is 270 g/mol. The van der Waals surface area contributed by atoms with Crippen LogP contribution in [0, 0.1) is 17.0 Å². The molecule has 5 heteroatoms. The number of Topliss-reactive ketones (excluding diaryl/α,β-unsaturated/α-hetero) is 1. The molecule has 0 radical (unpaired) electrons. The summed E-state index contributed by atoms with van der Waals surface area (Å²) in [5.74, 6) is 0.916. The third kappa shape index (κ3) is 3.25. The van der Waals surface area contributed by atoms with Gasteiger partial charge in [0.05, 0.1) is 10.5 Å². The fourth-order valence-corrected chi connectivity index (χ4v) is 1.98. The molecule has 0 saturated heterocycles. The second-order valence-electron chi connectivity index (χ2n) is 4.56. The van der Waals surface area contributed by atoms with Crippen LogP contribution in [0.15, 0.2) is 42.5 Å². The van der Waals surface area contributed by atoms with Gasteiger partial charge in [0.2, 0.25) is 0 Å². The lowest BCUT2D eigenvalue weighted by molar-refractivity contribution is -0.385. The zero-order valence-electron chi connectivity index (χ0n) is 11.8. The molecule has 0 fully saturated rings. The van der Waals surface area contributed by atoms with Crippen molar-refractivity contribution >= 4 is 11.5 Å². The lowest BCUT2D eigenvalue weighted by Crippen LogP contribution is -1.98. The minimum atomic E-state index is -0.445. The first kappa shape index (κ1) is 14.7. The monoisotopic (exact) mass is 285 g/mol. The standard InChI is InChI=1S/C16H15NO4/c1-3-15(18)12-6-4-7-13(10-12)21-16-9-5-8-14(11(16)2)17(19)20/h4-10H,3H2,1-2H3. The number of nitrogens with zero attached hydrogens (tertiary/aromatic N) is 1. The maximum atomic E-state index is 11.7. The molecule has 0 aliphatic carbocycles. The molecule has 0 atom stereocenters. The molecule has 0 bridgehead atoms. The van der Waals surface area contributed by atoms with Crippen molar-refractivity contribution in [1.82, 2.24) is 0 Å². The van der Waals surface area contributed by atoms with Crippen LogP contribution in [0.1, 0.15) is 29.3 Å². The number of benzene rings is 2. The van der Waals surface area contributed by atoms with Gasteiger partial charge in [0.1, 0.15) is 11.5 Å². The third-order valence-electron chi connectivity index (χ3n) is 3.16. The number of nitro groups is 1. The van der Waals surface area contributed by atoms with Crippen LogP contribution in [0.3, 0.4) is 0 Å². The molecule has 2 aromatic carbocycles. The van der Waals surface area contributed by atoms with Gasteiger partial charge in [-0.3, -0.25) is 14.9 Å². The maximum Gasteiger partial charge on any atom is 0.276 e. The predicted octanol–water partition coefficient (Wildman–Crippen LogP) is 4.29. The second kappa shape index (κ2) is 6.17. The van der Waals surface area contributed by atoms with Crippen molar-refractivity contribution in [2.24, 2.45) is 0 Å². The van der Waals surface area contributed by atoms with E-state index < -0.39 is 4.92 Å². The highest BCUT2D eigenvalue weighted by atomic mass is 16.6. The second-order valence-corrected chi connectivity index (χ2v) is 4.56. The number of carbonyl (C=O) groups is 1. The molecule has 0 aliphatic rings. The van der Waals surface area contributed by atoms with Crippen LogP contribution in [0.5, 0.6) is 11.5 Å². The highest BCUT2D eigenvalue weighted by molar-refractivity contribution is 5.96. The Labute approximate surface area is 122 Å². The summed E-state index contributed by atoms with van der Waals surface area (Å²) >= 11 is 0. The number of hydrogen-bond donors (Lipinski definition) is 0. The maximum absolute atomic E-state index is 11.7. The van der Waals surface area contributed by atoms with Gasteiger partial charge in [-0.25, -0.2) is 0 Å². The summed E-state index contributed by atoms with van der Waals surface area (Å²) in [5, 5.41) is 10.9. The largest absolute Gasteiger partial charge is 0.457 e. The van der Waals surface area contributed by atoms with Crippen LogP contribution in [0.4, 0.5) is 5.69 Å². The van der Waals surface area contributed by atoms with Crippen LogP contribution in [0.25, 0.3) is 0 Å². The molecule has 0 aromatic heterocycles. The summed E-state index contributed by atoms with van der Waals surface area (Å²) in [6, 6.07) is 11.5. The van der Waals surface area contributed by atoms with Gasteiger partial charge in [0.15, 0.2) is 5.78 Å². The van der Waals surface area contributed by atoms with Gasteiger partial charge in [-0.15, -0.1) is 0 Å². The van der Waals surface area contributed by atoms with Crippen LogP contribution >= 0.6 is 0 Å². The van der Waals surface area contributed by atoms with E-state index in [1.807, 2.05) is 0 Å². The van der Waals surface area contributed by atoms with E-state index in [9.17, 15) is 14.9 Å². The van der Waals surface area contributed by atoms with Gasteiger partial charge < -0.3 is 4.74 Å². The smallest absolute Gasteiger partial charge is 0.276 e. The van der Waals surface area contributed by atoms with Crippen LogP contribution in [-0.4, -0.2) is 10.7 Å². The first-order valence-electron chi connectivity index (χ1n) is 6.58.